The lowest BCUT2D eigenvalue weighted by Crippen LogP contribution is -2.63. The number of ketones is 2. The smallest absolute Gasteiger partial charge is 0.255 e. The summed E-state index contributed by atoms with van der Waals surface area (Å²) in [5.41, 5.74) is 1.80. The van der Waals surface area contributed by atoms with Crippen LogP contribution in [-0.2, 0) is 22.6 Å². The molecule has 0 spiro atoms. The fourth-order valence-corrected chi connectivity index (χ4v) is 6.63. The topological polar surface area (TPSA) is 173 Å². The van der Waals surface area contributed by atoms with Gasteiger partial charge >= 0.3 is 0 Å². The number of nitrogens with one attached hydrogen (secondary N) is 1. The van der Waals surface area contributed by atoms with Crippen LogP contribution in [0.15, 0.2) is 40.9 Å². The summed E-state index contributed by atoms with van der Waals surface area (Å²) in [6, 6.07) is 3.77. The van der Waals surface area contributed by atoms with E-state index < -0.39 is 69.6 Å². The Balaban J connectivity index is 1.69. The molecule has 0 radical (unpaired) electrons. The number of aromatic hydroxyl groups is 1. The van der Waals surface area contributed by atoms with Crippen LogP contribution in [0.1, 0.15) is 41.3 Å². The number of aliphatic hydroxyl groups is 3. The summed E-state index contributed by atoms with van der Waals surface area (Å²) in [4.78, 5) is 40.8. The number of allylic oxidation sites excluding steroid dienone is 1. The second-order valence-electron chi connectivity index (χ2n) is 11.0. The van der Waals surface area contributed by atoms with Crippen LogP contribution in [0.5, 0.6) is 5.75 Å². The zero-order valence-corrected chi connectivity index (χ0v) is 22.4. The molecule has 40 heavy (non-hydrogen) atoms. The third-order valence-electron chi connectivity index (χ3n) is 8.45. The number of amides is 1. The van der Waals surface area contributed by atoms with Crippen LogP contribution in [0.25, 0.3) is 10.8 Å². The Morgan fingerprint density at radius 1 is 1.20 bits per heavy atom. The summed E-state index contributed by atoms with van der Waals surface area (Å²) in [6.45, 7) is 3.25. The summed E-state index contributed by atoms with van der Waals surface area (Å²) in [7, 11) is 3.09. The van der Waals surface area contributed by atoms with E-state index >= 15 is 4.39 Å². The average molecular weight is 554 g/mol. The van der Waals surface area contributed by atoms with Crippen LogP contribution in [0.4, 0.5) is 4.39 Å². The molecule has 0 fully saturated rings. The SMILES string of the molecule is CCCNCc1ccc2c(F)c3c(c(O)c2c1)C(=O)C1=C(O)[C@]2(O)C(=O)C(C(N)=O)=C(O)[C@@H](N(C)C)[C@@H]2C[C@@H]1C3. The van der Waals surface area contributed by atoms with Crippen LogP contribution in [0, 0.1) is 17.7 Å². The summed E-state index contributed by atoms with van der Waals surface area (Å²) in [5.74, 6) is -8.32. The monoisotopic (exact) mass is 553 g/mol. The Hall–Kier alpha value is -3.80. The molecule has 0 aliphatic heterocycles. The van der Waals surface area contributed by atoms with E-state index in [0.717, 1.165) is 18.5 Å². The number of phenols is 1. The summed E-state index contributed by atoms with van der Waals surface area (Å²) in [5, 5.41) is 48.6. The number of phenolic OH excluding ortho intramolecular Hbond substituents is 1. The lowest BCUT2D eigenvalue weighted by Gasteiger charge is -2.50. The van der Waals surface area contributed by atoms with E-state index in [0.29, 0.717) is 6.54 Å². The maximum absolute atomic E-state index is 15.9. The predicted molar refractivity (Wildman–Crippen MR) is 143 cm³/mol. The van der Waals surface area contributed by atoms with Crippen molar-refractivity contribution in [2.45, 2.75) is 44.4 Å². The quantitative estimate of drug-likeness (QED) is 0.231. The Morgan fingerprint density at radius 2 is 1.90 bits per heavy atom. The number of Topliss-reactive ketones (excluding diaryl/α,β-unsaturated/α-hetero) is 2. The van der Waals surface area contributed by atoms with E-state index in [9.17, 15) is 34.8 Å². The molecule has 11 heteroatoms. The first-order valence-corrected chi connectivity index (χ1v) is 13.2. The third kappa shape index (κ3) is 3.75. The van der Waals surface area contributed by atoms with Crippen LogP contribution in [0.3, 0.4) is 0 Å². The van der Waals surface area contributed by atoms with E-state index in [4.69, 9.17) is 5.73 Å². The fraction of sp³-hybridized carbons (Fsp3) is 0.414. The van der Waals surface area contributed by atoms with Crippen molar-refractivity contribution < 1.29 is 39.2 Å². The van der Waals surface area contributed by atoms with Gasteiger partial charge in [0.2, 0.25) is 5.78 Å². The minimum Gasteiger partial charge on any atom is -0.510 e. The van der Waals surface area contributed by atoms with E-state index in [1.54, 1.807) is 32.3 Å². The number of aliphatic hydroxyl groups excluding tert-OH is 2. The summed E-state index contributed by atoms with van der Waals surface area (Å²) < 4.78 is 15.9. The number of nitrogens with two attached hydrogens (primary N) is 1. The Kier molecular flexibility index (Phi) is 6.72. The second-order valence-corrected chi connectivity index (χ2v) is 11.0. The molecule has 1 amide bonds. The average Bonchev–Trinajstić information content (AvgIpc) is 2.89. The van der Waals surface area contributed by atoms with E-state index in [1.807, 2.05) is 6.92 Å². The van der Waals surface area contributed by atoms with Crippen molar-refractivity contribution in [3.8, 4) is 5.75 Å². The molecule has 212 valence electrons. The molecule has 4 atom stereocenters. The lowest BCUT2D eigenvalue weighted by molar-refractivity contribution is -0.148. The van der Waals surface area contributed by atoms with Gasteiger partial charge in [0, 0.05) is 34.4 Å². The van der Waals surface area contributed by atoms with Crippen molar-refractivity contribution in [3.05, 3.63) is 63.4 Å². The normalized spacial score (nSPS) is 26.3. The van der Waals surface area contributed by atoms with Gasteiger partial charge in [-0.05, 0) is 57.5 Å². The number of primary amides is 1. The van der Waals surface area contributed by atoms with Gasteiger partial charge in [-0.15, -0.1) is 0 Å². The molecule has 0 saturated heterocycles. The first-order chi connectivity index (χ1) is 18.9. The molecular formula is C29H32FN3O7. The number of fused-ring (bicyclic) bond motifs is 4. The molecule has 0 aromatic heterocycles. The highest BCUT2D eigenvalue weighted by Gasteiger charge is 2.63. The Bertz CT molecular complexity index is 1550. The first-order valence-electron chi connectivity index (χ1n) is 13.2. The molecule has 0 heterocycles. The van der Waals surface area contributed by atoms with Gasteiger partial charge in [0.1, 0.15) is 28.7 Å². The standard InChI is InChI=1S/C29H32FN3O7/c1-4-7-32-11-12-5-6-14-15(8-12)23(34)19-16(21(14)30)9-13-10-17-22(33(2)3)25(36)20(28(31)39)27(38)29(17,40)26(37)18(13)24(19)35/h5-6,8,13,17,22,32,34,36-37,40H,4,7,9-11H2,1-3H3,(H2,31,39)/t13-,17-,22-,29-/m0/s1. The zero-order chi connectivity index (χ0) is 29.3. The highest BCUT2D eigenvalue weighted by molar-refractivity contribution is 6.25. The minimum atomic E-state index is -2.74. The molecule has 10 nitrogen and oxygen atoms in total. The van der Waals surface area contributed by atoms with Gasteiger partial charge in [0.25, 0.3) is 5.91 Å². The molecule has 3 aliphatic rings. The number of nitrogens with zero attached hydrogens (tertiary/aromatic N) is 1. The summed E-state index contributed by atoms with van der Waals surface area (Å²) in [6.07, 6.45) is 0.701. The highest BCUT2D eigenvalue weighted by atomic mass is 19.1. The van der Waals surface area contributed by atoms with Crippen molar-refractivity contribution in [1.82, 2.24) is 10.2 Å². The number of carbonyl (C=O) groups is 3. The van der Waals surface area contributed by atoms with Crippen molar-refractivity contribution in [2.24, 2.45) is 17.6 Å². The molecular weight excluding hydrogens is 521 g/mol. The molecule has 3 aliphatic carbocycles. The number of likely N-dealkylation sites (N-methyl/N-ethyl adjacent to an activating group) is 1. The second kappa shape index (κ2) is 9.69. The maximum atomic E-state index is 15.9. The van der Waals surface area contributed by atoms with Crippen molar-refractivity contribution in [2.75, 3.05) is 20.6 Å². The van der Waals surface area contributed by atoms with Crippen molar-refractivity contribution in [1.29, 1.82) is 0 Å². The van der Waals surface area contributed by atoms with Gasteiger partial charge < -0.3 is 31.5 Å². The number of hydrogen-bond donors (Lipinski definition) is 6. The number of halogens is 1. The highest BCUT2D eigenvalue weighted by Crippen LogP contribution is 2.53. The molecule has 5 rings (SSSR count). The molecule has 2 aromatic carbocycles. The minimum absolute atomic E-state index is 0.0278. The molecule has 2 aromatic rings. The zero-order valence-electron chi connectivity index (χ0n) is 22.4. The predicted octanol–water partition coefficient (Wildman–Crippen LogP) is 1.91. The molecule has 0 bridgehead atoms. The van der Waals surface area contributed by atoms with Crippen molar-refractivity contribution in [3.63, 3.8) is 0 Å². The van der Waals surface area contributed by atoms with Crippen LogP contribution < -0.4 is 11.1 Å². The van der Waals surface area contributed by atoms with Crippen molar-refractivity contribution >= 4 is 28.2 Å². The first kappa shape index (κ1) is 27.8. The van der Waals surface area contributed by atoms with Crippen LogP contribution >= 0.6 is 0 Å². The van der Waals surface area contributed by atoms with Gasteiger partial charge in [-0.2, -0.15) is 0 Å². The third-order valence-corrected chi connectivity index (χ3v) is 8.45. The Labute approximate surface area is 229 Å². The van der Waals surface area contributed by atoms with Crippen LogP contribution in [0.2, 0.25) is 0 Å². The summed E-state index contributed by atoms with van der Waals surface area (Å²) >= 11 is 0. The largest absolute Gasteiger partial charge is 0.510 e. The number of hydrogen-bond acceptors (Lipinski definition) is 9. The van der Waals surface area contributed by atoms with Gasteiger partial charge in [-0.1, -0.05) is 19.1 Å². The van der Waals surface area contributed by atoms with Crippen LogP contribution in [-0.4, -0.2) is 75.1 Å². The number of carbonyl (C=O) groups excluding carboxylic acids is 3. The van der Waals surface area contributed by atoms with E-state index in [2.05, 4.69) is 5.32 Å². The molecule has 0 unspecified atom stereocenters. The van der Waals surface area contributed by atoms with Gasteiger partial charge in [-0.25, -0.2) is 4.39 Å². The van der Waals surface area contributed by atoms with Gasteiger partial charge in [-0.3, -0.25) is 19.3 Å². The van der Waals surface area contributed by atoms with E-state index in [-0.39, 0.29) is 40.3 Å². The Morgan fingerprint density at radius 3 is 2.52 bits per heavy atom. The number of rotatable bonds is 6. The fourth-order valence-electron chi connectivity index (χ4n) is 6.63. The molecule has 0 saturated carbocycles. The van der Waals surface area contributed by atoms with Gasteiger partial charge in [0.15, 0.2) is 11.4 Å². The number of benzene rings is 2. The maximum Gasteiger partial charge on any atom is 0.255 e. The van der Waals surface area contributed by atoms with Gasteiger partial charge in [0.05, 0.1) is 11.6 Å². The lowest BCUT2D eigenvalue weighted by atomic mass is 9.58. The van der Waals surface area contributed by atoms with E-state index in [1.165, 1.54) is 4.90 Å². The molecule has 7 N–H and O–H groups in total.